The van der Waals surface area contributed by atoms with Gasteiger partial charge in [-0.1, -0.05) is 24.3 Å². The highest BCUT2D eigenvalue weighted by Gasteiger charge is 2.19. The molecule has 82 valence electrons. The second-order valence-electron chi connectivity index (χ2n) is 3.21. The number of methoxy groups -OCH3 is 1. The van der Waals surface area contributed by atoms with E-state index in [9.17, 15) is 10.1 Å². The van der Waals surface area contributed by atoms with Crippen LogP contribution in [0, 0.1) is 10.1 Å². The zero-order valence-corrected chi connectivity index (χ0v) is 10.0. The molecule has 2 aromatic carbocycles. The van der Waals surface area contributed by atoms with Crippen LogP contribution in [-0.2, 0) is 0 Å². The lowest BCUT2D eigenvalue weighted by Gasteiger charge is -2.07. The van der Waals surface area contributed by atoms with Crippen molar-refractivity contribution in [2.45, 2.75) is 0 Å². The Hall–Kier alpha value is -1.62. The van der Waals surface area contributed by atoms with Crippen LogP contribution in [0.3, 0.4) is 0 Å². The molecule has 0 unspecified atom stereocenters. The highest BCUT2D eigenvalue weighted by Crippen LogP contribution is 2.39. The fourth-order valence-electron chi connectivity index (χ4n) is 1.64. The number of benzene rings is 2. The lowest BCUT2D eigenvalue weighted by molar-refractivity contribution is -0.385. The van der Waals surface area contributed by atoms with Crippen LogP contribution in [0.4, 0.5) is 5.69 Å². The highest BCUT2D eigenvalue weighted by atomic mass is 79.9. The van der Waals surface area contributed by atoms with Gasteiger partial charge in [-0.25, -0.2) is 0 Å². The maximum Gasteiger partial charge on any atom is 0.312 e. The largest absolute Gasteiger partial charge is 0.490 e. The molecule has 0 aliphatic rings. The first-order chi connectivity index (χ1) is 7.65. The molecule has 0 aliphatic heterocycles. The second kappa shape index (κ2) is 4.09. The van der Waals surface area contributed by atoms with Crippen molar-refractivity contribution in [1.82, 2.24) is 0 Å². The van der Waals surface area contributed by atoms with E-state index in [0.717, 1.165) is 10.8 Å². The van der Waals surface area contributed by atoms with E-state index in [0.29, 0.717) is 10.2 Å². The second-order valence-corrected chi connectivity index (χ2v) is 4.07. The number of nitrogens with zero attached hydrogens (tertiary/aromatic N) is 1. The van der Waals surface area contributed by atoms with E-state index < -0.39 is 4.92 Å². The molecule has 0 fully saturated rings. The zero-order valence-electron chi connectivity index (χ0n) is 8.44. The smallest absolute Gasteiger partial charge is 0.312 e. The quantitative estimate of drug-likeness (QED) is 0.625. The van der Waals surface area contributed by atoms with E-state index in [-0.39, 0.29) is 5.69 Å². The van der Waals surface area contributed by atoms with Crippen molar-refractivity contribution in [1.29, 1.82) is 0 Å². The maximum absolute atomic E-state index is 10.9. The van der Waals surface area contributed by atoms with Crippen molar-refractivity contribution in [2.75, 3.05) is 7.11 Å². The summed E-state index contributed by atoms with van der Waals surface area (Å²) in [5, 5.41) is 12.5. The lowest BCUT2D eigenvalue weighted by Crippen LogP contribution is -1.95. The predicted octanol–water partition coefficient (Wildman–Crippen LogP) is 3.52. The molecule has 0 radical (unpaired) electrons. The summed E-state index contributed by atoms with van der Waals surface area (Å²) >= 11 is 3.32. The number of rotatable bonds is 2. The fourth-order valence-corrected chi connectivity index (χ4v) is 2.20. The van der Waals surface area contributed by atoms with Gasteiger partial charge in [0.2, 0.25) is 5.75 Å². The number of ether oxygens (including phenoxy) is 1. The van der Waals surface area contributed by atoms with Crippen LogP contribution < -0.4 is 4.74 Å². The van der Waals surface area contributed by atoms with E-state index in [1.54, 1.807) is 6.07 Å². The Bertz CT molecular complexity index is 568. The third-order valence-electron chi connectivity index (χ3n) is 2.33. The van der Waals surface area contributed by atoms with Crippen LogP contribution in [0.5, 0.6) is 5.75 Å². The number of halogens is 1. The number of fused-ring (bicyclic) bond motifs is 1. The molecule has 4 nitrogen and oxygen atoms in total. The molecule has 0 saturated heterocycles. The van der Waals surface area contributed by atoms with Crippen molar-refractivity contribution < 1.29 is 9.66 Å². The SMILES string of the molecule is COc1c([N+](=O)[O-])cc(Br)c2ccccc12. The van der Waals surface area contributed by atoms with Gasteiger partial charge in [-0.3, -0.25) is 10.1 Å². The summed E-state index contributed by atoms with van der Waals surface area (Å²) in [6.07, 6.45) is 0. The fraction of sp³-hybridized carbons (Fsp3) is 0.0909. The molecule has 2 aromatic rings. The Labute approximate surface area is 100 Å². The monoisotopic (exact) mass is 281 g/mol. The molecule has 0 amide bonds. The summed E-state index contributed by atoms with van der Waals surface area (Å²) in [6, 6.07) is 8.83. The highest BCUT2D eigenvalue weighted by molar-refractivity contribution is 9.10. The molecule has 2 rings (SSSR count). The average Bonchev–Trinajstić information content (AvgIpc) is 2.29. The molecular weight excluding hydrogens is 274 g/mol. The number of nitro benzene ring substituents is 1. The summed E-state index contributed by atoms with van der Waals surface area (Å²) in [7, 11) is 1.43. The van der Waals surface area contributed by atoms with E-state index in [1.165, 1.54) is 13.2 Å². The van der Waals surface area contributed by atoms with E-state index in [4.69, 9.17) is 4.74 Å². The Balaban J connectivity index is 2.90. The molecule has 16 heavy (non-hydrogen) atoms. The third-order valence-corrected chi connectivity index (χ3v) is 2.98. The van der Waals surface area contributed by atoms with Crippen molar-refractivity contribution >= 4 is 32.4 Å². The minimum Gasteiger partial charge on any atom is -0.490 e. The van der Waals surface area contributed by atoms with Gasteiger partial charge in [0, 0.05) is 21.3 Å². The lowest BCUT2D eigenvalue weighted by atomic mass is 10.1. The average molecular weight is 282 g/mol. The van der Waals surface area contributed by atoms with Gasteiger partial charge in [-0.2, -0.15) is 0 Å². The molecule has 0 bridgehead atoms. The van der Waals surface area contributed by atoms with Crippen LogP contribution in [-0.4, -0.2) is 12.0 Å². The topological polar surface area (TPSA) is 52.4 Å². The van der Waals surface area contributed by atoms with Gasteiger partial charge in [0.15, 0.2) is 0 Å². The van der Waals surface area contributed by atoms with Crippen molar-refractivity contribution in [3.8, 4) is 5.75 Å². The van der Waals surface area contributed by atoms with Crippen LogP contribution >= 0.6 is 15.9 Å². The van der Waals surface area contributed by atoms with Gasteiger partial charge < -0.3 is 4.74 Å². The summed E-state index contributed by atoms with van der Waals surface area (Å²) < 4.78 is 5.80. The van der Waals surface area contributed by atoms with Crippen LogP contribution in [0.2, 0.25) is 0 Å². The Morgan fingerprint density at radius 2 is 1.94 bits per heavy atom. The molecule has 0 aliphatic carbocycles. The predicted molar refractivity (Wildman–Crippen MR) is 64.9 cm³/mol. The van der Waals surface area contributed by atoms with Gasteiger partial charge in [-0.05, 0) is 15.9 Å². The molecular formula is C11H8BrNO3. The van der Waals surface area contributed by atoms with Gasteiger partial charge in [0.1, 0.15) is 0 Å². The van der Waals surface area contributed by atoms with Gasteiger partial charge in [0.05, 0.1) is 12.0 Å². The van der Waals surface area contributed by atoms with Crippen molar-refractivity contribution in [3.05, 3.63) is 44.9 Å². The Morgan fingerprint density at radius 3 is 2.50 bits per heavy atom. The molecule has 0 spiro atoms. The molecule has 0 heterocycles. The van der Waals surface area contributed by atoms with Crippen LogP contribution in [0.25, 0.3) is 10.8 Å². The first-order valence-electron chi connectivity index (χ1n) is 4.54. The van der Waals surface area contributed by atoms with E-state index in [1.807, 2.05) is 18.2 Å². The molecule has 5 heteroatoms. The number of hydrogen-bond donors (Lipinski definition) is 0. The minimum absolute atomic E-state index is 0.0342. The molecule has 0 aromatic heterocycles. The summed E-state index contributed by atoms with van der Waals surface area (Å²) in [5.74, 6) is 0.295. The molecule has 0 N–H and O–H groups in total. The van der Waals surface area contributed by atoms with Crippen LogP contribution in [0.1, 0.15) is 0 Å². The van der Waals surface area contributed by atoms with Gasteiger partial charge >= 0.3 is 5.69 Å². The summed E-state index contributed by atoms with van der Waals surface area (Å²) in [5.41, 5.74) is -0.0342. The third kappa shape index (κ3) is 1.63. The molecule has 0 saturated carbocycles. The minimum atomic E-state index is -0.448. The van der Waals surface area contributed by atoms with Crippen molar-refractivity contribution in [3.63, 3.8) is 0 Å². The summed E-state index contributed by atoms with van der Waals surface area (Å²) in [6.45, 7) is 0. The number of nitro groups is 1. The van der Waals surface area contributed by atoms with E-state index in [2.05, 4.69) is 15.9 Å². The maximum atomic E-state index is 10.9. The zero-order chi connectivity index (χ0) is 11.7. The number of hydrogen-bond acceptors (Lipinski definition) is 3. The first kappa shape index (κ1) is 10.9. The molecule has 0 atom stereocenters. The first-order valence-corrected chi connectivity index (χ1v) is 5.34. The van der Waals surface area contributed by atoms with Crippen LogP contribution in [0.15, 0.2) is 34.8 Å². The van der Waals surface area contributed by atoms with Crippen molar-refractivity contribution in [2.24, 2.45) is 0 Å². The van der Waals surface area contributed by atoms with Gasteiger partial charge in [0.25, 0.3) is 0 Å². The van der Waals surface area contributed by atoms with E-state index >= 15 is 0 Å². The summed E-state index contributed by atoms with van der Waals surface area (Å²) in [4.78, 5) is 10.4. The Kier molecular flexibility index (Phi) is 2.78. The normalized spacial score (nSPS) is 10.4. The Morgan fingerprint density at radius 1 is 1.31 bits per heavy atom. The standard InChI is InChI=1S/C11H8BrNO3/c1-16-11-8-5-3-2-4-7(8)9(12)6-10(11)13(14)15/h2-6H,1H3. The van der Waals surface area contributed by atoms with Gasteiger partial charge in [-0.15, -0.1) is 0 Å².